The fourth-order valence-corrected chi connectivity index (χ4v) is 5.27. The molecule has 0 saturated heterocycles. The van der Waals surface area contributed by atoms with Gasteiger partial charge in [-0.05, 0) is 49.6 Å². The van der Waals surface area contributed by atoms with Gasteiger partial charge in [0.25, 0.3) is 0 Å². The van der Waals surface area contributed by atoms with Gasteiger partial charge in [-0.25, -0.2) is 9.48 Å². The van der Waals surface area contributed by atoms with Crippen molar-refractivity contribution in [3.05, 3.63) is 74.9 Å². The molecule has 1 aliphatic rings. The topological polar surface area (TPSA) is 78.3 Å². The van der Waals surface area contributed by atoms with Gasteiger partial charge < -0.3 is 14.8 Å². The van der Waals surface area contributed by atoms with E-state index < -0.39 is 6.04 Å². The van der Waals surface area contributed by atoms with Gasteiger partial charge in [-0.2, -0.15) is 4.98 Å². The van der Waals surface area contributed by atoms with E-state index in [-0.39, 0.29) is 5.97 Å². The summed E-state index contributed by atoms with van der Waals surface area (Å²) in [6.07, 6.45) is 2.93. The largest absolute Gasteiger partial charge is 0.489 e. The van der Waals surface area contributed by atoms with Crippen molar-refractivity contribution in [2.24, 2.45) is 0 Å². The molecular formula is C27H30Cl2N4O3S. The number of carbonyl (C=O) groups is 1. The van der Waals surface area contributed by atoms with Crippen LogP contribution in [0.4, 0.5) is 5.95 Å². The van der Waals surface area contributed by atoms with Crippen LogP contribution in [0.5, 0.6) is 5.75 Å². The molecule has 2 heterocycles. The summed E-state index contributed by atoms with van der Waals surface area (Å²) in [4.78, 5) is 17.8. The summed E-state index contributed by atoms with van der Waals surface area (Å²) >= 11 is 13.9. The number of aromatic nitrogens is 3. The number of nitrogens with zero attached hydrogens (tertiary/aromatic N) is 3. The molecule has 0 aliphatic carbocycles. The fourth-order valence-electron chi connectivity index (χ4n) is 3.89. The summed E-state index contributed by atoms with van der Waals surface area (Å²) in [5.41, 5.74) is 2.93. The van der Waals surface area contributed by atoms with E-state index >= 15 is 0 Å². The quantitative estimate of drug-likeness (QED) is 0.150. The molecule has 0 fully saturated rings. The van der Waals surface area contributed by atoms with Gasteiger partial charge in [0.1, 0.15) is 18.4 Å². The Hall–Kier alpha value is -2.68. The molecule has 0 amide bonds. The molecule has 1 atom stereocenters. The average molecular weight is 562 g/mol. The Balaban J connectivity index is 1.60. The summed E-state index contributed by atoms with van der Waals surface area (Å²) in [6, 6.07) is 12.5. The molecule has 1 N–H and O–H groups in total. The Morgan fingerprint density at radius 3 is 2.62 bits per heavy atom. The zero-order valence-corrected chi connectivity index (χ0v) is 23.4. The number of carbonyl (C=O) groups excluding carboxylic acids is 1. The number of benzene rings is 2. The first-order valence-electron chi connectivity index (χ1n) is 12.3. The Morgan fingerprint density at radius 2 is 1.92 bits per heavy atom. The summed E-state index contributed by atoms with van der Waals surface area (Å²) in [5, 5.41) is 9.81. The predicted octanol–water partition coefficient (Wildman–Crippen LogP) is 7.30. The molecule has 196 valence electrons. The number of allylic oxidation sites excluding steroid dienone is 1. The summed E-state index contributed by atoms with van der Waals surface area (Å²) in [6.45, 7) is 6.65. The molecule has 1 aromatic heterocycles. The van der Waals surface area contributed by atoms with Crippen LogP contribution in [0.2, 0.25) is 10.0 Å². The molecule has 7 nitrogen and oxygen atoms in total. The number of rotatable bonds is 11. The minimum absolute atomic E-state index is 0.307. The predicted molar refractivity (Wildman–Crippen MR) is 149 cm³/mol. The minimum atomic E-state index is -0.478. The fraction of sp³-hybridized carbons (Fsp3) is 0.370. The monoisotopic (exact) mass is 560 g/mol. The van der Waals surface area contributed by atoms with Gasteiger partial charge in [-0.3, -0.25) is 0 Å². The van der Waals surface area contributed by atoms with Gasteiger partial charge in [0.2, 0.25) is 11.1 Å². The van der Waals surface area contributed by atoms with Crippen molar-refractivity contribution in [1.82, 2.24) is 14.8 Å². The third-order valence-electron chi connectivity index (χ3n) is 5.82. The summed E-state index contributed by atoms with van der Waals surface area (Å²) in [5.74, 6) is 1.85. The third kappa shape index (κ3) is 6.61. The number of nitrogens with one attached hydrogen (secondary N) is 1. The molecule has 2 aromatic carbocycles. The van der Waals surface area contributed by atoms with Crippen molar-refractivity contribution >= 4 is 46.9 Å². The van der Waals surface area contributed by atoms with Crippen LogP contribution in [-0.2, 0) is 16.1 Å². The van der Waals surface area contributed by atoms with Gasteiger partial charge >= 0.3 is 5.97 Å². The number of halogens is 2. The van der Waals surface area contributed by atoms with Gasteiger partial charge in [0.15, 0.2) is 0 Å². The van der Waals surface area contributed by atoms with E-state index in [0.717, 1.165) is 36.1 Å². The second kappa shape index (κ2) is 12.7. The smallest absolute Gasteiger partial charge is 0.338 e. The summed E-state index contributed by atoms with van der Waals surface area (Å²) in [7, 11) is 0. The number of hydrogen-bond donors (Lipinski definition) is 1. The van der Waals surface area contributed by atoms with Crippen molar-refractivity contribution < 1.29 is 14.3 Å². The standard InChI is InChI=1S/C27H30Cl2N4O3S/c1-4-6-14-37-27-31-26-30-17(3)23(25(34)35-13-5-2)24(33(26)32-27)18-8-11-21(12-9-18)36-16-19-7-10-20(28)15-22(19)29/h7-12,15,24H,4-6,13-14,16H2,1-3H3,(H,30,31,32). The van der Waals surface area contributed by atoms with Gasteiger partial charge in [-0.1, -0.05) is 73.4 Å². The highest BCUT2D eigenvalue weighted by Crippen LogP contribution is 2.37. The normalized spacial score (nSPS) is 14.8. The molecule has 37 heavy (non-hydrogen) atoms. The number of esters is 1. The average Bonchev–Trinajstić information content (AvgIpc) is 3.28. The van der Waals surface area contributed by atoms with Crippen molar-refractivity contribution in [3.63, 3.8) is 0 Å². The molecule has 4 rings (SSSR count). The molecule has 10 heteroatoms. The highest BCUT2D eigenvalue weighted by molar-refractivity contribution is 7.99. The first-order valence-corrected chi connectivity index (χ1v) is 14.1. The van der Waals surface area contributed by atoms with Crippen LogP contribution < -0.4 is 10.1 Å². The number of fused-ring (bicyclic) bond motifs is 1. The molecule has 0 radical (unpaired) electrons. The lowest BCUT2D eigenvalue weighted by atomic mass is 9.96. The highest BCUT2D eigenvalue weighted by Gasteiger charge is 2.35. The Bertz CT molecular complexity index is 1280. The van der Waals surface area contributed by atoms with E-state index in [0.29, 0.717) is 51.4 Å². The van der Waals surface area contributed by atoms with Crippen molar-refractivity contribution in [2.75, 3.05) is 17.7 Å². The molecular weight excluding hydrogens is 531 g/mol. The first-order chi connectivity index (χ1) is 17.9. The number of unbranched alkanes of at least 4 members (excludes halogenated alkanes) is 1. The van der Waals surface area contributed by atoms with Crippen LogP contribution in [0.15, 0.2) is 58.9 Å². The Labute approximate surface area is 231 Å². The van der Waals surface area contributed by atoms with E-state index in [1.54, 1.807) is 28.6 Å². The van der Waals surface area contributed by atoms with Crippen LogP contribution in [0.25, 0.3) is 0 Å². The van der Waals surface area contributed by atoms with E-state index in [1.165, 1.54) is 0 Å². The van der Waals surface area contributed by atoms with E-state index in [9.17, 15) is 4.79 Å². The Kier molecular flexibility index (Phi) is 9.40. The lowest BCUT2D eigenvalue weighted by Gasteiger charge is -2.28. The Morgan fingerprint density at radius 1 is 1.14 bits per heavy atom. The molecule has 3 aromatic rings. The lowest BCUT2D eigenvalue weighted by Crippen LogP contribution is -2.29. The molecule has 1 unspecified atom stereocenters. The summed E-state index contributed by atoms with van der Waals surface area (Å²) < 4.78 is 13.3. The minimum Gasteiger partial charge on any atom is -0.489 e. The SMILES string of the molecule is CCCCSc1nc2n(n1)C(c1ccc(OCc3ccc(Cl)cc3Cl)cc1)C(C(=O)OCCC)=C(C)N2. The zero-order chi connectivity index (χ0) is 26.4. The maximum atomic E-state index is 13.1. The first kappa shape index (κ1) is 27.4. The molecule has 0 bridgehead atoms. The maximum absolute atomic E-state index is 13.1. The van der Waals surface area contributed by atoms with Crippen molar-refractivity contribution in [1.29, 1.82) is 0 Å². The lowest BCUT2D eigenvalue weighted by molar-refractivity contribution is -0.139. The highest BCUT2D eigenvalue weighted by atomic mass is 35.5. The van der Waals surface area contributed by atoms with Crippen LogP contribution in [0, 0.1) is 0 Å². The number of ether oxygens (including phenoxy) is 2. The van der Waals surface area contributed by atoms with Crippen molar-refractivity contribution in [3.8, 4) is 5.75 Å². The van der Waals surface area contributed by atoms with Crippen LogP contribution in [0.3, 0.4) is 0 Å². The second-order valence-corrected chi connectivity index (χ2v) is 10.6. The number of anilines is 1. The van der Waals surface area contributed by atoms with Crippen LogP contribution >= 0.6 is 35.0 Å². The second-order valence-electron chi connectivity index (χ2n) is 8.66. The van der Waals surface area contributed by atoms with Gasteiger partial charge in [-0.15, -0.1) is 5.10 Å². The third-order valence-corrected chi connectivity index (χ3v) is 7.34. The molecule has 1 aliphatic heterocycles. The van der Waals surface area contributed by atoms with Gasteiger partial charge in [0, 0.05) is 27.1 Å². The van der Waals surface area contributed by atoms with Crippen LogP contribution in [0.1, 0.15) is 57.2 Å². The van der Waals surface area contributed by atoms with Crippen LogP contribution in [-0.4, -0.2) is 33.1 Å². The van der Waals surface area contributed by atoms with Crippen molar-refractivity contribution in [2.45, 2.75) is 57.8 Å². The molecule has 0 saturated carbocycles. The maximum Gasteiger partial charge on any atom is 0.338 e. The molecule has 0 spiro atoms. The van der Waals surface area contributed by atoms with E-state index in [4.69, 9.17) is 37.8 Å². The number of thioether (sulfide) groups is 1. The van der Waals surface area contributed by atoms with E-state index in [2.05, 4.69) is 17.2 Å². The zero-order valence-electron chi connectivity index (χ0n) is 21.1. The number of hydrogen-bond acceptors (Lipinski definition) is 7. The van der Waals surface area contributed by atoms with E-state index in [1.807, 2.05) is 44.2 Å². The van der Waals surface area contributed by atoms with Gasteiger partial charge in [0.05, 0.1) is 12.2 Å².